The molecule has 2 heterocycles. The van der Waals surface area contributed by atoms with Crippen LogP contribution in [0.25, 0.3) is 0 Å². The number of carbonyl (C=O) groups is 1. The molecule has 22 heavy (non-hydrogen) atoms. The number of carbonyl (C=O) groups excluding carboxylic acids is 1. The van der Waals surface area contributed by atoms with Crippen LogP contribution in [0.5, 0.6) is 0 Å². The maximum Gasteiger partial charge on any atom is 0.317 e. The van der Waals surface area contributed by atoms with Crippen LogP contribution in [0.15, 0.2) is 0 Å². The van der Waals surface area contributed by atoms with Crippen molar-refractivity contribution in [2.24, 2.45) is 0 Å². The van der Waals surface area contributed by atoms with E-state index < -0.39 is 0 Å². The van der Waals surface area contributed by atoms with Crippen molar-refractivity contribution in [1.29, 1.82) is 0 Å². The van der Waals surface area contributed by atoms with Crippen LogP contribution in [0.3, 0.4) is 0 Å². The molecule has 0 bridgehead atoms. The van der Waals surface area contributed by atoms with Gasteiger partial charge in [-0.05, 0) is 39.0 Å². The molecule has 0 aromatic rings. The second kappa shape index (κ2) is 7.64. The number of amides is 2. The Morgan fingerprint density at radius 1 is 1.00 bits per heavy atom. The molecule has 126 valence electrons. The lowest BCUT2D eigenvalue weighted by atomic mass is 9.95. The highest BCUT2D eigenvalue weighted by Gasteiger charge is 2.29. The van der Waals surface area contributed by atoms with Gasteiger partial charge in [0, 0.05) is 37.8 Å². The van der Waals surface area contributed by atoms with Crippen molar-refractivity contribution in [3.05, 3.63) is 0 Å². The third-order valence-corrected chi connectivity index (χ3v) is 5.54. The highest BCUT2D eigenvalue weighted by atomic mass is 16.5. The topological polar surface area (TPSA) is 53.6 Å². The van der Waals surface area contributed by atoms with Crippen LogP contribution in [-0.2, 0) is 4.74 Å². The fourth-order valence-electron chi connectivity index (χ4n) is 4.02. The van der Waals surface area contributed by atoms with Gasteiger partial charge in [-0.1, -0.05) is 19.3 Å². The molecule has 5 heteroatoms. The second-order valence-corrected chi connectivity index (χ2v) is 7.18. The largest absolute Gasteiger partial charge is 0.377 e. The van der Waals surface area contributed by atoms with E-state index in [0.717, 1.165) is 51.8 Å². The third kappa shape index (κ3) is 4.13. The van der Waals surface area contributed by atoms with Gasteiger partial charge in [-0.15, -0.1) is 0 Å². The van der Waals surface area contributed by atoms with Crippen molar-refractivity contribution in [2.45, 2.75) is 82.5 Å². The molecule has 3 aliphatic rings. The lowest BCUT2D eigenvalue weighted by Gasteiger charge is -2.35. The fourth-order valence-corrected chi connectivity index (χ4v) is 4.02. The molecule has 1 saturated carbocycles. The SMILES string of the molecule is C[C@H]1OCC[C@@H]1NC1CCN(C(=O)NC2CCCCC2)CC1. The van der Waals surface area contributed by atoms with Crippen LogP contribution in [-0.4, -0.2) is 54.9 Å². The highest BCUT2D eigenvalue weighted by Crippen LogP contribution is 2.19. The van der Waals surface area contributed by atoms with Gasteiger partial charge < -0.3 is 20.3 Å². The van der Waals surface area contributed by atoms with E-state index in [0.29, 0.717) is 24.2 Å². The summed E-state index contributed by atoms with van der Waals surface area (Å²) in [6.07, 6.45) is 9.72. The molecule has 3 rings (SSSR count). The predicted molar refractivity (Wildman–Crippen MR) is 87.0 cm³/mol. The Balaban J connectivity index is 1.38. The van der Waals surface area contributed by atoms with Crippen molar-refractivity contribution in [3.63, 3.8) is 0 Å². The molecule has 2 aliphatic heterocycles. The number of hydrogen-bond acceptors (Lipinski definition) is 3. The zero-order valence-electron chi connectivity index (χ0n) is 13.9. The van der Waals surface area contributed by atoms with E-state index in [1.165, 1.54) is 19.3 Å². The Morgan fingerprint density at radius 2 is 1.73 bits per heavy atom. The Hall–Kier alpha value is -0.810. The number of nitrogens with one attached hydrogen (secondary N) is 2. The first-order valence-corrected chi connectivity index (χ1v) is 9.15. The summed E-state index contributed by atoms with van der Waals surface area (Å²) < 4.78 is 5.61. The Kier molecular flexibility index (Phi) is 5.58. The molecular weight excluding hydrogens is 278 g/mol. The molecule has 2 N–H and O–H groups in total. The minimum absolute atomic E-state index is 0.155. The zero-order valence-corrected chi connectivity index (χ0v) is 13.9. The minimum atomic E-state index is 0.155. The molecule has 0 aromatic carbocycles. The zero-order chi connectivity index (χ0) is 15.4. The Labute approximate surface area is 134 Å². The standard InChI is InChI=1S/C17H31N3O2/c1-13-16(9-12-22-13)18-15-7-10-20(11-8-15)17(21)19-14-5-3-2-4-6-14/h13-16,18H,2-12H2,1H3,(H,19,21)/t13-,16+/m1/s1. The summed E-state index contributed by atoms with van der Waals surface area (Å²) in [6, 6.07) is 1.59. The molecular formula is C17H31N3O2. The van der Waals surface area contributed by atoms with E-state index >= 15 is 0 Å². The minimum Gasteiger partial charge on any atom is -0.377 e. The number of ether oxygens (including phenoxy) is 1. The van der Waals surface area contributed by atoms with Gasteiger partial charge in [0.15, 0.2) is 0 Å². The number of hydrogen-bond donors (Lipinski definition) is 2. The van der Waals surface area contributed by atoms with Crippen LogP contribution < -0.4 is 10.6 Å². The van der Waals surface area contributed by atoms with Crippen molar-refractivity contribution < 1.29 is 9.53 Å². The van der Waals surface area contributed by atoms with Crippen LogP contribution in [0, 0.1) is 0 Å². The molecule has 0 unspecified atom stereocenters. The van der Waals surface area contributed by atoms with E-state index in [9.17, 15) is 4.79 Å². The second-order valence-electron chi connectivity index (χ2n) is 7.18. The summed E-state index contributed by atoms with van der Waals surface area (Å²) in [7, 11) is 0. The molecule has 5 nitrogen and oxygen atoms in total. The van der Waals surface area contributed by atoms with Crippen molar-refractivity contribution in [1.82, 2.24) is 15.5 Å². The van der Waals surface area contributed by atoms with E-state index in [4.69, 9.17) is 4.74 Å². The fraction of sp³-hybridized carbons (Fsp3) is 0.941. The number of piperidine rings is 1. The maximum absolute atomic E-state index is 12.3. The summed E-state index contributed by atoms with van der Waals surface area (Å²) in [5.74, 6) is 0. The van der Waals surface area contributed by atoms with Crippen molar-refractivity contribution in [2.75, 3.05) is 19.7 Å². The molecule has 0 spiro atoms. The van der Waals surface area contributed by atoms with Crippen molar-refractivity contribution in [3.8, 4) is 0 Å². The van der Waals surface area contributed by atoms with Gasteiger partial charge in [-0.25, -0.2) is 4.79 Å². The maximum atomic E-state index is 12.3. The molecule has 0 radical (unpaired) electrons. The first-order valence-electron chi connectivity index (χ1n) is 9.15. The van der Waals surface area contributed by atoms with Gasteiger partial charge in [0.25, 0.3) is 0 Å². The van der Waals surface area contributed by atoms with Gasteiger partial charge in [0.2, 0.25) is 0 Å². The van der Waals surface area contributed by atoms with Crippen LogP contribution in [0.2, 0.25) is 0 Å². The first kappa shape index (κ1) is 16.1. The van der Waals surface area contributed by atoms with Crippen LogP contribution in [0.4, 0.5) is 4.79 Å². The summed E-state index contributed by atoms with van der Waals surface area (Å²) in [5.41, 5.74) is 0. The van der Waals surface area contributed by atoms with E-state index in [2.05, 4.69) is 17.6 Å². The molecule has 3 fully saturated rings. The number of nitrogens with zero attached hydrogens (tertiary/aromatic N) is 1. The summed E-state index contributed by atoms with van der Waals surface area (Å²) >= 11 is 0. The molecule has 0 aromatic heterocycles. The van der Waals surface area contributed by atoms with Gasteiger partial charge in [0.05, 0.1) is 6.10 Å². The summed E-state index contributed by atoms with van der Waals surface area (Å²) in [6.45, 7) is 4.77. The molecule has 2 atom stereocenters. The Bertz CT molecular complexity index is 363. The van der Waals surface area contributed by atoms with Gasteiger partial charge in [-0.3, -0.25) is 0 Å². The highest BCUT2D eigenvalue weighted by molar-refractivity contribution is 5.74. The summed E-state index contributed by atoms with van der Waals surface area (Å²) in [4.78, 5) is 14.3. The van der Waals surface area contributed by atoms with E-state index in [-0.39, 0.29) is 6.03 Å². The molecule has 2 saturated heterocycles. The van der Waals surface area contributed by atoms with Gasteiger partial charge >= 0.3 is 6.03 Å². The number of urea groups is 1. The van der Waals surface area contributed by atoms with Crippen LogP contribution in [0.1, 0.15) is 58.3 Å². The first-order chi connectivity index (χ1) is 10.7. The lowest BCUT2D eigenvalue weighted by molar-refractivity contribution is 0.107. The number of rotatable bonds is 3. The average molecular weight is 309 g/mol. The average Bonchev–Trinajstić information content (AvgIpc) is 2.94. The lowest BCUT2D eigenvalue weighted by Crippen LogP contribution is -2.52. The Morgan fingerprint density at radius 3 is 2.36 bits per heavy atom. The normalized spacial score (nSPS) is 31.4. The van der Waals surface area contributed by atoms with E-state index in [1.807, 2.05) is 4.90 Å². The van der Waals surface area contributed by atoms with Gasteiger partial charge in [-0.2, -0.15) is 0 Å². The third-order valence-electron chi connectivity index (χ3n) is 5.54. The molecule has 2 amide bonds. The molecule has 1 aliphatic carbocycles. The van der Waals surface area contributed by atoms with Gasteiger partial charge in [0.1, 0.15) is 0 Å². The predicted octanol–water partition coefficient (Wildman–Crippen LogP) is 2.26. The quantitative estimate of drug-likeness (QED) is 0.841. The van der Waals surface area contributed by atoms with Crippen molar-refractivity contribution >= 4 is 6.03 Å². The van der Waals surface area contributed by atoms with E-state index in [1.54, 1.807) is 0 Å². The smallest absolute Gasteiger partial charge is 0.317 e. The number of likely N-dealkylation sites (tertiary alicyclic amines) is 1. The van der Waals surface area contributed by atoms with Crippen LogP contribution >= 0.6 is 0 Å². The monoisotopic (exact) mass is 309 g/mol. The summed E-state index contributed by atoms with van der Waals surface area (Å²) in [5, 5.41) is 6.96.